The molecule has 10 nitrogen and oxygen atoms in total. The number of carbonyl (C=O) groups is 4. The molecular weight excluding hydrogens is 442 g/mol. The van der Waals surface area contributed by atoms with Crippen molar-refractivity contribution in [2.24, 2.45) is 0 Å². The van der Waals surface area contributed by atoms with E-state index in [1.54, 1.807) is 18.2 Å². The van der Waals surface area contributed by atoms with Crippen LogP contribution in [0.4, 0.5) is 5.69 Å². The van der Waals surface area contributed by atoms with Crippen molar-refractivity contribution in [3.8, 4) is 0 Å². The Morgan fingerprint density at radius 2 is 1.82 bits per heavy atom. The van der Waals surface area contributed by atoms with E-state index in [4.69, 9.17) is 13.9 Å². The van der Waals surface area contributed by atoms with Gasteiger partial charge in [-0.15, -0.1) is 0 Å². The van der Waals surface area contributed by atoms with Crippen molar-refractivity contribution in [1.82, 2.24) is 10.2 Å². The quantitative estimate of drug-likeness (QED) is 0.258. The lowest BCUT2D eigenvalue weighted by molar-refractivity contribution is -0.144. The molecule has 1 aromatic carbocycles. The Morgan fingerprint density at radius 3 is 2.47 bits per heavy atom. The van der Waals surface area contributed by atoms with Gasteiger partial charge in [0.1, 0.15) is 29.0 Å². The Kier molecular flexibility index (Phi) is 7.93. The lowest BCUT2D eigenvalue weighted by Crippen LogP contribution is -2.48. The molecule has 1 aliphatic heterocycles. The molecule has 1 unspecified atom stereocenters. The van der Waals surface area contributed by atoms with E-state index in [1.807, 2.05) is 13.0 Å². The molecule has 2 heterocycles. The van der Waals surface area contributed by atoms with Crippen LogP contribution in [-0.4, -0.2) is 61.9 Å². The number of ketones is 1. The van der Waals surface area contributed by atoms with Crippen LogP contribution in [0.5, 0.6) is 0 Å². The van der Waals surface area contributed by atoms with Crippen LogP contribution in [-0.2, 0) is 28.7 Å². The first-order valence-electron chi connectivity index (χ1n) is 11.0. The smallest absolute Gasteiger partial charge is 0.349 e. The van der Waals surface area contributed by atoms with Gasteiger partial charge in [0.05, 0.1) is 20.8 Å². The van der Waals surface area contributed by atoms with Gasteiger partial charge in [-0.2, -0.15) is 0 Å². The van der Waals surface area contributed by atoms with Crippen LogP contribution in [0.1, 0.15) is 31.9 Å². The van der Waals surface area contributed by atoms with E-state index in [0.717, 1.165) is 38.2 Å². The number of anilines is 1. The number of hydrogen-bond donors (Lipinski definition) is 2. The maximum absolute atomic E-state index is 13.2. The van der Waals surface area contributed by atoms with Gasteiger partial charge in [0.2, 0.25) is 5.91 Å². The molecule has 1 saturated heterocycles. The number of fused-ring (bicyclic) bond motifs is 1. The molecule has 0 aliphatic carbocycles. The molecule has 34 heavy (non-hydrogen) atoms. The molecule has 0 saturated carbocycles. The topological polar surface area (TPSA) is 127 Å². The highest BCUT2D eigenvalue weighted by Gasteiger charge is 2.32. The number of aryl methyl sites for hydroxylation is 1. The first-order chi connectivity index (χ1) is 16.2. The number of likely N-dealkylation sites (tertiary alicyclic amines) is 1. The molecule has 0 bridgehead atoms. The van der Waals surface area contributed by atoms with Crippen molar-refractivity contribution in [3.05, 3.63) is 41.4 Å². The fourth-order valence-electron chi connectivity index (χ4n) is 3.90. The number of methoxy groups -OCH3 is 2. The van der Waals surface area contributed by atoms with Gasteiger partial charge in [-0.1, -0.05) is 0 Å². The second-order valence-corrected chi connectivity index (χ2v) is 8.12. The standard InChI is InChI=1S/C24H29N3O7/c1-14(28)13-27-10-6-5-7-18(22(27)29)26-21(20(23(30)32-3)24(31)33-4)25-17-8-9-19-16(12-17)11-15(2)34-19/h8-9,11-12,18,25-26H,5-7,10,13H2,1-4H3. The predicted molar refractivity (Wildman–Crippen MR) is 124 cm³/mol. The number of ether oxygens (including phenoxy) is 2. The molecule has 10 heteroatoms. The number of Topliss-reactive ketones (excluding diaryl/α,β-unsaturated/α-hetero) is 1. The van der Waals surface area contributed by atoms with E-state index in [1.165, 1.54) is 11.8 Å². The van der Waals surface area contributed by atoms with E-state index in [2.05, 4.69) is 10.6 Å². The molecule has 3 rings (SSSR count). The summed E-state index contributed by atoms with van der Waals surface area (Å²) in [6.45, 7) is 3.71. The predicted octanol–water partition coefficient (Wildman–Crippen LogP) is 2.27. The van der Waals surface area contributed by atoms with Crippen molar-refractivity contribution in [2.75, 3.05) is 32.6 Å². The monoisotopic (exact) mass is 471 g/mol. The zero-order chi connectivity index (χ0) is 24.8. The summed E-state index contributed by atoms with van der Waals surface area (Å²) in [7, 11) is 2.29. The fraction of sp³-hybridized carbons (Fsp3) is 0.417. The van der Waals surface area contributed by atoms with Gasteiger partial charge in [0.15, 0.2) is 5.57 Å². The zero-order valence-corrected chi connectivity index (χ0v) is 19.7. The van der Waals surface area contributed by atoms with Crippen molar-refractivity contribution < 1.29 is 33.1 Å². The summed E-state index contributed by atoms with van der Waals surface area (Å²) < 4.78 is 15.2. The number of hydrogen-bond acceptors (Lipinski definition) is 9. The Hall–Kier alpha value is -3.82. The summed E-state index contributed by atoms with van der Waals surface area (Å²) >= 11 is 0. The summed E-state index contributed by atoms with van der Waals surface area (Å²) in [6.07, 6.45) is 1.91. The molecule has 2 N–H and O–H groups in total. The minimum Gasteiger partial charge on any atom is -0.465 e. The van der Waals surface area contributed by atoms with E-state index >= 15 is 0 Å². The molecule has 1 atom stereocenters. The molecule has 182 valence electrons. The zero-order valence-electron chi connectivity index (χ0n) is 19.7. The molecular formula is C24H29N3O7. The van der Waals surface area contributed by atoms with Crippen molar-refractivity contribution in [2.45, 2.75) is 39.2 Å². The average Bonchev–Trinajstić information content (AvgIpc) is 3.09. The first-order valence-corrected chi connectivity index (χ1v) is 11.0. The summed E-state index contributed by atoms with van der Waals surface area (Å²) in [5.74, 6) is -1.56. The molecule has 1 fully saturated rings. The average molecular weight is 472 g/mol. The van der Waals surface area contributed by atoms with Crippen LogP contribution in [0.15, 0.2) is 40.1 Å². The second kappa shape index (κ2) is 10.9. The summed E-state index contributed by atoms with van der Waals surface area (Å²) in [4.78, 5) is 51.4. The molecule has 0 radical (unpaired) electrons. The second-order valence-electron chi connectivity index (χ2n) is 8.12. The Morgan fingerprint density at radius 1 is 1.12 bits per heavy atom. The lowest BCUT2D eigenvalue weighted by Gasteiger charge is -2.26. The number of benzene rings is 1. The highest BCUT2D eigenvalue weighted by Crippen LogP contribution is 2.24. The van der Waals surface area contributed by atoms with E-state index < -0.39 is 23.6 Å². The van der Waals surface area contributed by atoms with Crippen LogP contribution in [0, 0.1) is 6.92 Å². The molecule has 1 amide bonds. The summed E-state index contributed by atoms with van der Waals surface area (Å²) in [5.41, 5.74) is 0.813. The maximum Gasteiger partial charge on any atom is 0.349 e. The van der Waals surface area contributed by atoms with Crippen molar-refractivity contribution in [1.29, 1.82) is 0 Å². The Bertz CT molecular complexity index is 1120. The third kappa shape index (κ3) is 5.75. The normalized spacial score (nSPS) is 15.9. The third-order valence-corrected chi connectivity index (χ3v) is 5.45. The maximum atomic E-state index is 13.2. The van der Waals surface area contributed by atoms with Crippen LogP contribution in [0.25, 0.3) is 11.0 Å². The number of furan rings is 1. The van der Waals surface area contributed by atoms with Gasteiger partial charge in [-0.05, 0) is 57.4 Å². The van der Waals surface area contributed by atoms with E-state index in [-0.39, 0.29) is 24.1 Å². The minimum absolute atomic E-state index is 0.000851. The number of esters is 2. The van der Waals surface area contributed by atoms with Gasteiger partial charge < -0.3 is 29.4 Å². The van der Waals surface area contributed by atoms with Gasteiger partial charge >= 0.3 is 11.9 Å². The summed E-state index contributed by atoms with van der Waals surface area (Å²) in [5, 5.41) is 6.88. The highest BCUT2D eigenvalue weighted by atomic mass is 16.5. The number of nitrogens with one attached hydrogen (secondary N) is 2. The first kappa shape index (κ1) is 24.8. The van der Waals surface area contributed by atoms with Crippen LogP contribution in [0.2, 0.25) is 0 Å². The van der Waals surface area contributed by atoms with Crippen molar-refractivity contribution >= 4 is 40.3 Å². The molecule has 1 aromatic heterocycles. The van der Waals surface area contributed by atoms with Crippen LogP contribution < -0.4 is 10.6 Å². The van der Waals surface area contributed by atoms with E-state index in [0.29, 0.717) is 24.2 Å². The van der Waals surface area contributed by atoms with Gasteiger partial charge in [0.25, 0.3) is 0 Å². The number of amides is 1. The van der Waals surface area contributed by atoms with Gasteiger partial charge in [-0.25, -0.2) is 9.59 Å². The third-order valence-electron chi connectivity index (χ3n) is 5.45. The number of rotatable bonds is 8. The van der Waals surface area contributed by atoms with Gasteiger partial charge in [-0.3, -0.25) is 9.59 Å². The van der Waals surface area contributed by atoms with Gasteiger partial charge in [0, 0.05) is 17.6 Å². The van der Waals surface area contributed by atoms with Crippen molar-refractivity contribution in [3.63, 3.8) is 0 Å². The minimum atomic E-state index is -0.927. The number of nitrogens with zero attached hydrogens (tertiary/aromatic N) is 1. The Labute approximate surface area is 197 Å². The summed E-state index contributed by atoms with van der Waals surface area (Å²) in [6, 6.07) is 6.34. The molecule has 0 spiro atoms. The largest absolute Gasteiger partial charge is 0.465 e. The SMILES string of the molecule is COC(=O)C(C(=O)OC)=C(Nc1ccc2oc(C)cc2c1)NC1CCCCN(CC(C)=O)C1=O. The lowest BCUT2D eigenvalue weighted by atomic mass is 10.1. The number of carbonyl (C=O) groups excluding carboxylic acids is 4. The molecule has 2 aromatic rings. The highest BCUT2D eigenvalue weighted by molar-refractivity contribution is 6.15. The fourth-order valence-corrected chi connectivity index (χ4v) is 3.90. The van der Waals surface area contributed by atoms with E-state index in [9.17, 15) is 19.2 Å². The van der Waals surface area contributed by atoms with Crippen LogP contribution in [0.3, 0.4) is 0 Å². The molecule has 1 aliphatic rings. The van der Waals surface area contributed by atoms with Crippen LogP contribution >= 0.6 is 0 Å². The Balaban J connectivity index is 2.01.